The fraction of sp³-hybridized carbons (Fsp3) is 0.833. The Kier molecular flexibility index (Phi) is 4.65. The second-order valence-corrected chi connectivity index (χ2v) is 5.01. The number of alkyl halides is 2. The lowest BCUT2D eigenvalue weighted by Gasteiger charge is -2.22. The van der Waals surface area contributed by atoms with Gasteiger partial charge >= 0.3 is 5.97 Å². The number of nitrogens with one attached hydrogen (secondary N) is 1. The molecule has 4 nitrogen and oxygen atoms in total. The Balaban J connectivity index is 2.60. The van der Waals surface area contributed by atoms with E-state index in [1.54, 1.807) is 6.92 Å². The van der Waals surface area contributed by atoms with Crippen LogP contribution in [-0.4, -0.2) is 28.9 Å². The maximum atomic E-state index is 13.0. The van der Waals surface area contributed by atoms with Gasteiger partial charge in [0.1, 0.15) is 6.04 Å². The fourth-order valence-corrected chi connectivity index (χ4v) is 2.13. The number of carbonyl (C=O) groups is 2. The van der Waals surface area contributed by atoms with Gasteiger partial charge in [-0.2, -0.15) is 0 Å². The Hall–Kier alpha value is -1.20. The number of hydrogen-bond acceptors (Lipinski definition) is 2. The van der Waals surface area contributed by atoms with Crippen molar-refractivity contribution in [1.29, 1.82) is 0 Å². The normalized spacial score (nSPS) is 25.4. The molecule has 3 unspecified atom stereocenters. The highest BCUT2D eigenvalue weighted by Gasteiger charge is 2.43. The summed E-state index contributed by atoms with van der Waals surface area (Å²) in [5.41, 5.74) is 0. The highest BCUT2D eigenvalue weighted by atomic mass is 19.3. The van der Waals surface area contributed by atoms with Crippen molar-refractivity contribution in [1.82, 2.24) is 5.32 Å². The van der Waals surface area contributed by atoms with Crippen LogP contribution in [-0.2, 0) is 9.59 Å². The zero-order valence-electron chi connectivity index (χ0n) is 10.6. The maximum Gasteiger partial charge on any atom is 0.326 e. The van der Waals surface area contributed by atoms with Crippen LogP contribution in [0.15, 0.2) is 0 Å². The van der Waals surface area contributed by atoms with Crippen LogP contribution < -0.4 is 5.32 Å². The molecular formula is C12H19F2NO3. The number of carbonyl (C=O) groups excluding carboxylic acids is 1. The summed E-state index contributed by atoms with van der Waals surface area (Å²) in [6.45, 7) is 3.53. The summed E-state index contributed by atoms with van der Waals surface area (Å²) < 4.78 is 26.0. The minimum atomic E-state index is -2.79. The smallest absolute Gasteiger partial charge is 0.326 e. The van der Waals surface area contributed by atoms with Gasteiger partial charge in [-0.3, -0.25) is 4.79 Å². The molecule has 104 valence electrons. The molecule has 2 N–H and O–H groups in total. The third-order valence-corrected chi connectivity index (χ3v) is 3.55. The molecule has 1 aliphatic rings. The van der Waals surface area contributed by atoms with Gasteiger partial charge < -0.3 is 10.4 Å². The molecule has 0 aliphatic heterocycles. The minimum Gasteiger partial charge on any atom is -0.480 e. The van der Waals surface area contributed by atoms with Crippen LogP contribution in [0.1, 0.15) is 39.5 Å². The largest absolute Gasteiger partial charge is 0.480 e. The summed E-state index contributed by atoms with van der Waals surface area (Å²) >= 11 is 0. The van der Waals surface area contributed by atoms with Gasteiger partial charge in [-0.1, -0.05) is 20.3 Å². The lowest BCUT2D eigenvalue weighted by atomic mass is 9.98. The molecule has 0 aromatic rings. The molecule has 1 saturated carbocycles. The number of carboxylic acids is 1. The van der Waals surface area contributed by atoms with Crippen molar-refractivity contribution in [2.75, 3.05) is 0 Å². The highest BCUT2D eigenvalue weighted by Crippen LogP contribution is 2.38. The molecule has 6 heteroatoms. The van der Waals surface area contributed by atoms with Crippen LogP contribution in [0.25, 0.3) is 0 Å². The van der Waals surface area contributed by atoms with Crippen LogP contribution >= 0.6 is 0 Å². The van der Waals surface area contributed by atoms with Crippen LogP contribution in [0.4, 0.5) is 8.78 Å². The van der Waals surface area contributed by atoms with Crippen LogP contribution in [0.2, 0.25) is 0 Å². The predicted molar refractivity (Wildman–Crippen MR) is 61.3 cm³/mol. The van der Waals surface area contributed by atoms with Crippen molar-refractivity contribution in [3.8, 4) is 0 Å². The lowest BCUT2D eigenvalue weighted by molar-refractivity contribution is -0.144. The van der Waals surface area contributed by atoms with Gasteiger partial charge in [0, 0.05) is 18.8 Å². The molecule has 0 heterocycles. The number of amides is 1. The van der Waals surface area contributed by atoms with Crippen molar-refractivity contribution in [2.24, 2.45) is 11.8 Å². The van der Waals surface area contributed by atoms with E-state index < -0.39 is 36.2 Å². The fourth-order valence-electron chi connectivity index (χ4n) is 2.13. The van der Waals surface area contributed by atoms with Gasteiger partial charge in [-0.05, 0) is 12.3 Å². The molecule has 0 aromatic heterocycles. The van der Waals surface area contributed by atoms with Crippen molar-refractivity contribution in [3.05, 3.63) is 0 Å². The molecule has 0 spiro atoms. The van der Waals surface area contributed by atoms with Crippen molar-refractivity contribution < 1.29 is 23.5 Å². The summed E-state index contributed by atoms with van der Waals surface area (Å²) in [5, 5.41) is 11.4. The van der Waals surface area contributed by atoms with Gasteiger partial charge in [0.2, 0.25) is 11.8 Å². The summed E-state index contributed by atoms with van der Waals surface area (Å²) in [5.74, 6) is -5.49. The predicted octanol–water partition coefficient (Wildman–Crippen LogP) is 2.04. The lowest BCUT2D eigenvalue weighted by Crippen LogP contribution is -2.47. The second kappa shape index (κ2) is 5.63. The monoisotopic (exact) mass is 263 g/mol. The van der Waals surface area contributed by atoms with E-state index >= 15 is 0 Å². The Morgan fingerprint density at radius 1 is 1.50 bits per heavy atom. The first kappa shape index (κ1) is 14.9. The van der Waals surface area contributed by atoms with E-state index in [0.717, 1.165) is 0 Å². The Morgan fingerprint density at radius 2 is 2.11 bits per heavy atom. The van der Waals surface area contributed by atoms with Gasteiger partial charge in [-0.25, -0.2) is 13.6 Å². The van der Waals surface area contributed by atoms with E-state index in [0.29, 0.717) is 6.42 Å². The van der Waals surface area contributed by atoms with E-state index in [4.69, 9.17) is 5.11 Å². The Morgan fingerprint density at radius 3 is 2.50 bits per heavy atom. The molecule has 1 amide bonds. The van der Waals surface area contributed by atoms with Crippen molar-refractivity contribution in [2.45, 2.75) is 51.5 Å². The van der Waals surface area contributed by atoms with E-state index in [2.05, 4.69) is 5.32 Å². The summed E-state index contributed by atoms with van der Waals surface area (Å²) in [4.78, 5) is 22.8. The molecule has 0 saturated heterocycles. The second-order valence-electron chi connectivity index (χ2n) is 5.01. The number of rotatable bonds is 5. The highest BCUT2D eigenvalue weighted by molar-refractivity contribution is 5.85. The van der Waals surface area contributed by atoms with E-state index in [1.807, 2.05) is 6.92 Å². The molecule has 1 rings (SSSR count). The van der Waals surface area contributed by atoms with Gasteiger partial charge in [0.15, 0.2) is 0 Å². The number of halogens is 2. The SMILES string of the molecule is CCC(C)C(NC(=O)C1CCC(F)(F)C1)C(=O)O. The van der Waals surface area contributed by atoms with E-state index in [9.17, 15) is 18.4 Å². The first-order chi connectivity index (χ1) is 8.26. The molecule has 0 radical (unpaired) electrons. The van der Waals surface area contributed by atoms with Crippen LogP contribution in [0, 0.1) is 11.8 Å². The number of aliphatic carboxylic acids is 1. The topological polar surface area (TPSA) is 66.4 Å². The quantitative estimate of drug-likeness (QED) is 0.797. The Bertz CT molecular complexity index is 333. The van der Waals surface area contributed by atoms with Gasteiger partial charge in [0.05, 0.1) is 0 Å². The molecule has 3 atom stereocenters. The molecule has 1 aliphatic carbocycles. The van der Waals surface area contributed by atoms with Crippen LogP contribution in [0.3, 0.4) is 0 Å². The standard InChI is InChI=1S/C12H19F2NO3/c1-3-7(2)9(11(17)18)15-10(16)8-4-5-12(13,14)6-8/h7-9H,3-6H2,1-2H3,(H,15,16)(H,17,18). The summed E-state index contributed by atoms with van der Waals surface area (Å²) in [6, 6.07) is -1.00. The van der Waals surface area contributed by atoms with Crippen molar-refractivity contribution in [3.63, 3.8) is 0 Å². The Labute approximate surface area is 105 Å². The van der Waals surface area contributed by atoms with E-state index in [1.165, 1.54) is 0 Å². The molecule has 1 fully saturated rings. The number of carboxylic acid groups (broad SMARTS) is 1. The maximum absolute atomic E-state index is 13.0. The van der Waals surface area contributed by atoms with E-state index in [-0.39, 0.29) is 18.8 Å². The first-order valence-electron chi connectivity index (χ1n) is 6.18. The number of hydrogen-bond donors (Lipinski definition) is 2. The summed E-state index contributed by atoms with van der Waals surface area (Å²) in [7, 11) is 0. The zero-order chi connectivity index (χ0) is 13.9. The van der Waals surface area contributed by atoms with Gasteiger partial charge in [0.25, 0.3) is 0 Å². The summed E-state index contributed by atoms with van der Waals surface area (Å²) in [6.07, 6.45) is -0.0679. The average molecular weight is 263 g/mol. The third kappa shape index (κ3) is 3.65. The zero-order valence-corrected chi connectivity index (χ0v) is 10.6. The average Bonchev–Trinajstić information content (AvgIpc) is 2.64. The molecule has 0 aromatic carbocycles. The van der Waals surface area contributed by atoms with Crippen LogP contribution in [0.5, 0.6) is 0 Å². The third-order valence-electron chi connectivity index (χ3n) is 3.55. The van der Waals surface area contributed by atoms with Gasteiger partial charge in [-0.15, -0.1) is 0 Å². The molecule has 18 heavy (non-hydrogen) atoms. The van der Waals surface area contributed by atoms with Crippen molar-refractivity contribution >= 4 is 11.9 Å². The molecular weight excluding hydrogens is 244 g/mol. The minimum absolute atomic E-state index is 0.117. The molecule has 0 bridgehead atoms. The first-order valence-corrected chi connectivity index (χ1v) is 6.18.